The first-order valence-electron chi connectivity index (χ1n) is 6.20. The molecule has 0 radical (unpaired) electrons. The SMILES string of the molecule is CCCNc1cncc(Nc2c(F)cc(F)cc2Cl)c1. The second-order valence-electron chi connectivity index (χ2n) is 4.26. The summed E-state index contributed by atoms with van der Waals surface area (Å²) in [6.45, 7) is 2.87. The van der Waals surface area contributed by atoms with Crippen LogP contribution in [0.15, 0.2) is 30.6 Å². The van der Waals surface area contributed by atoms with Gasteiger partial charge in [0.05, 0.1) is 34.5 Å². The van der Waals surface area contributed by atoms with Gasteiger partial charge in [0, 0.05) is 12.6 Å². The predicted molar refractivity (Wildman–Crippen MR) is 77.7 cm³/mol. The molecule has 2 rings (SSSR count). The van der Waals surface area contributed by atoms with Gasteiger partial charge in [0.25, 0.3) is 0 Å². The lowest BCUT2D eigenvalue weighted by atomic mass is 10.2. The molecule has 0 aliphatic rings. The molecule has 0 bridgehead atoms. The van der Waals surface area contributed by atoms with Crippen molar-refractivity contribution in [1.29, 1.82) is 0 Å². The van der Waals surface area contributed by atoms with E-state index in [-0.39, 0.29) is 10.7 Å². The molecule has 1 aromatic heterocycles. The Morgan fingerprint density at radius 2 is 1.90 bits per heavy atom. The van der Waals surface area contributed by atoms with Crippen LogP contribution in [0, 0.1) is 11.6 Å². The normalized spacial score (nSPS) is 10.4. The van der Waals surface area contributed by atoms with Crippen LogP contribution in [0.4, 0.5) is 25.8 Å². The maximum atomic E-state index is 13.7. The van der Waals surface area contributed by atoms with Crippen LogP contribution in [0.5, 0.6) is 0 Å². The number of nitrogens with zero attached hydrogens (tertiary/aromatic N) is 1. The van der Waals surface area contributed by atoms with Gasteiger partial charge in [-0.25, -0.2) is 8.78 Å². The molecule has 2 N–H and O–H groups in total. The average molecular weight is 298 g/mol. The summed E-state index contributed by atoms with van der Waals surface area (Å²) in [5, 5.41) is 5.96. The fourth-order valence-electron chi connectivity index (χ4n) is 1.68. The van der Waals surface area contributed by atoms with Gasteiger partial charge >= 0.3 is 0 Å². The van der Waals surface area contributed by atoms with Crippen LogP contribution < -0.4 is 10.6 Å². The molecule has 6 heteroatoms. The van der Waals surface area contributed by atoms with Gasteiger partial charge in [-0.3, -0.25) is 4.98 Å². The molecular formula is C14H14ClF2N3. The lowest BCUT2D eigenvalue weighted by Crippen LogP contribution is -2.02. The maximum absolute atomic E-state index is 13.7. The molecule has 0 unspecified atom stereocenters. The van der Waals surface area contributed by atoms with E-state index in [0.29, 0.717) is 5.69 Å². The first kappa shape index (κ1) is 14.5. The van der Waals surface area contributed by atoms with E-state index in [2.05, 4.69) is 22.5 Å². The molecule has 1 heterocycles. The Balaban J connectivity index is 2.22. The third-order valence-electron chi connectivity index (χ3n) is 2.59. The van der Waals surface area contributed by atoms with Gasteiger partial charge in [0.2, 0.25) is 0 Å². The minimum Gasteiger partial charge on any atom is -0.384 e. The smallest absolute Gasteiger partial charge is 0.151 e. The van der Waals surface area contributed by atoms with Crippen LogP contribution in [0.1, 0.15) is 13.3 Å². The van der Waals surface area contributed by atoms with E-state index in [1.54, 1.807) is 12.3 Å². The number of rotatable bonds is 5. The molecule has 0 saturated carbocycles. The highest BCUT2D eigenvalue weighted by atomic mass is 35.5. The summed E-state index contributed by atoms with van der Waals surface area (Å²) in [6.07, 6.45) is 4.19. The van der Waals surface area contributed by atoms with Gasteiger partial charge < -0.3 is 10.6 Å². The number of pyridine rings is 1. The van der Waals surface area contributed by atoms with E-state index in [1.807, 2.05) is 0 Å². The van der Waals surface area contributed by atoms with Gasteiger partial charge in [0.1, 0.15) is 5.82 Å². The number of aromatic nitrogens is 1. The van der Waals surface area contributed by atoms with Gasteiger partial charge in [-0.2, -0.15) is 0 Å². The van der Waals surface area contributed by atoms with Crippen molar-refractivity contribution in [3.63, 3.8) is 0 Å². The fourth-order valence-corrected chi connectivity index (χ4v) is 1.92. The summed E-state index contributed by atoms with van der Waals surface area (Å²) < 4.78 is 26.7. The lowest BCUT2D eigenvalue weighted by Gasteiger charge is -2.11. The van der Waals surface area contributed by atoms with Crippen molar-refractivity contribution in [2.75, 3.05) is 17.2 Å². The van der Waals surface area contributed by atoms with Crippen molar-refractivity contribution in [2.24, 2.45) is 0 Å². The summed E-state index contributed by atoms with van der Waals surface area (Å²) in [6, 6.07) is 3.61. The Kier molecular flexibility index (Phi) is 4.74. The van der Waals surface area contributed by atoms with E-state index in [0.717, 1.165) is 30.8 Å². The predicted octanol–water partition coefficient (Wildman–Crippen LogP) is 4.58. The molecular weight excluding hydrogens is 284 g/mol. The summed E-state index contributed by atoms with van der Waals surface area (Å²) in [7, 11) is 0. The molecule has 2 aromatic rings. The van der Waals surface area contributed by atoms with Crippen LogP contribution in [-0.2, 0) is 0 Å². The summed E-state index contributed by atoms with van der Waals surface area (Å²) in [4.78, 5) is 4.05. The molecule has 0 aliphatic heterocycles. The highest BCUT2D eigenvalue weighted by Gasteiger charge is 2.10. The number of halogens is 3. The van der Waals surface area contributed by atoms with Gasteiger partial charge in [-0.1, -0.05) is 18.5 Å². The van der Waals surface area contributed by atoms with Crippen molar-refractivity contribution < 1.29 is 8.78 Å². The third kappa shape index (κ3) is 3.57. The Morgan fingerprint density at radius 1 is 1.15 bits per heavy atom. The zero-order chi connectivity index (χ0) is 14.5. The van der Waals surface area contributed by atoms with Crippen molar-refractivity contribution in [3.8, 4) is 0 Å². The van der Waals surface area contributed by atoms with Gasteiger partial charge in [0.15, 0.2) is 5.82 Å². The minimum atomic E-state index is -0.748. The lowest BCUT2D eigenvalue weighted by molar-refractivity contribution is 0.586. The monoisotopic (exact) mass is 297 g/mol. The number of nitrogens with one attached hydrogen (secondary N) is 2. The molecule has 20 heavy (non-hydrogen) atoms. The first-order valence-corrected chi connectivity index (χ1v) is 6.58. The van der Waals surface area contributed by atoms with Gasteiger partial charge in [-0.15, -0.1) is 0 Å². The van der Waals surface area contributed by atoms with Crippen molar-refractivity contribution in [3.05, 3.63) is 47.2 Å². The van der Waals surface area contributed by atoms with Crippen LogP contribution in [0.25, 0.3) is 0 Å². The average Bonchev–Trinajstić information content (AvgIpc) is 2.41. The van der Waals surface area contributed by atoms with Crippen LogP contribution in [0.3, 0.4) is 0 Å². The molecule has 0 fully saturated rings. The standard InChI is InChI=1S/C14H14ClF2N3/c1-2-3-19-10-6-11(8-18-7-10)20-14-12(15)4-9(16)5-13(14)17/h4-8,19-20H,2-3H2,1H3. The molecule has 0 atom stereocenters. The Labute approximate surface area is 121 Å². The number of anilines is 3. The molecule has 106 valence electrons. The molecule has 0 amide bonds. The summed E-state index contributed by atoms with van der Waals surface area (Å²) in [5.41, 5.74) is 1.41. The second-order valence-corrected chi connectivity index (χ2v) is 4.67. The Morgan fingerprint density at radius 3 is 2.60 bits per heavy atom. The van der Waals surface area contributed by atoms with E-state index in [4.69, 9.17) is 11.6 Å². The first-order chi connectivity index (χ1) is 9.60. The van der Waals surface area contributed by atoms with Crippen molar-refractivity contribution in [2.45, 2.75) is 13.3 Å². The topological polar surface area (TPSA) is 37.0 Å². The Bertz CT molecular complexity index is 582. The second kappa shape index (κ2) is 6.52. The third-order valence-corrected chi connectivity index (χ3v) is 2.89. The van der Waals surface area contributed by atoms with E-state index >= 15 is 0 Å². The molecule has 0 spiro atoms. The van der Waals surface area contributed by atoms with E-state index in [9.17, 15) is 8.78 Å². The molecule has 0 saturated heterocycles. The zero-order valence-electron chi connectivity index (χ0n) is 10.9. The fraction of sp³-hybridized carbons (Fsp3) is 0.214. The summed E-state index contributed by atoms with van der Waals surface area (Å²) in [5.74, 6) is -1.46. The van der Waals surface area contributed by atoms with E-state index in [1.165, 1.54) is 6.20 Å². The molecule has 1 aromatic carbocycles. The van der Waals surface area contributed by atoms with Crippen molar-refractivity contribution >= 4 is 28.7 Å². The largest absolute Gasteiger partial charge is 0.384 e. The minimum absolute atomic E-state index is 0.0191. The van der Waals surface area contributed by atoms with Crippen LogP contribution >= 0.6 is 11.6 Å². The zero-order valence-corrected chi connectivity index (χ0v) is 11.6. The summed E-state index contributed by atoms with van der Waals surface area (Å²) >= 11 is 5.83. The highest BCUT2D eigenvalue weighted by Crippen LogP contribution is 2.29. The van der Waals surface area contributed by atoms with Gasteiger partial charge in [-0.05, 0) is 18.6 Å². The van der Waals surface area contributed by atoms with Crippen molar-refractivity contribution in [1.82, 2.24) is 4.98 Å². The molecule has 0 aliphatic carbocycles. The van der Waals surface area contributed by atoms with Crippen LogP contribution in [0.2, 0.25) is 5.02 Å². The quantitative estimate of drug-likeness (QED) is 0.848. The van der Waals surface area contributed by atoms with E-state index < -0.39 is 11.6 Å². The molecule has 3 nitrogen and oxygen atoms in total. The highest BCUT2D eigenvalue weighted by molar-refractivity contribution is 6.33. The number of hydrogen-bond acceptors (Lipinski definition) is 3. The number of benzene rings is 1. The Hall–Kier alpha value is -1.88. The van der Waals surface area contributed by atoms with Crippen LogP contribution in [-0.4, -0.2) is 11.5 Å². The maximum Gasteiger partial charge on any atom is 0.151 e. The number of hydrogen-bond donors (Lipinski definition) is 2.